The predicted octanol–water partition coefficient (Wildman–Crippen LogP) is 1.74. The summed E-state index contributed by atoms with van der Waals surface area (Å²) >= 11 is 0. The Hall–Kier alpha value is -3.07. The van der Waals surface area contributed by atoms with Gasteiger partial charge in [0.15, 0.2) is 11.6 Å². The molecule has 1 amide bonds. The highest BCUT2D eigenvalue weighted by Gasteiger charge is 2.22. The molecule has 3 rings (SSSR count). The third-order valence-electron chi connectivity index (χ3n) is 5.36. The van der Waals surface area contributed by atoms with Crippen molar-refractivity contribution in [2.75, 3.05) is 50.6 Å². The number of nitrogens with one attached hydrogen (secondary N) is 1. The molecule has 2 heterocycles. The average Bonchev–Trinajstić information content (AvgIpc) is 2.77. The van der Waals surface area contributed by atoms with Gasteiger partial charge in [0.25, 0.3) is 5.91 Å². The fraction of sp³-hybridized carbons (Fsp3) is 0.476. The van der Waals surface area contributed by atoms with E-state index in [1.165, 1.54) is 0 Å². The molecule has 0 bridgehead atoms. The maximum absolute atomic E-state index is 12.1. The fourth-order valence-electron chi connectivity index (χ4n) is 3.50. The lowest BCUT2D eigenvalue weighted by Gasteiger charge is -2.37. The summed E-state index contributed by atoms with van der Waals surface area (Å²) in [5.41, 5.74) is 6.83. The number of nitrogens with two attached hydrogens (primary N) is 1. The summed E-state index contributed by atoms with van der Waals surface area (Å²) in [6, 6.07) is 7.77. The number of rotatable bonds is 8. The maximum Gasteiger partial charge on any atom is 0.252 e. The SMILES string of the molecule is COc1ccc(CNc2nnc(N3CCN(C(C)C)CC3)cc2C(N)=O)c(OC)c1. The Labute approximate surface area is 177 Å². The number of methoxy groups -OCH3 is 2. The van der Waals surface area contributed by atoms with Gasteiger partial charge in [-0.15, -0.1) is 10.2 Å². The first kappa shape index (κ1) is 21.6. The largest absolute Gasteiger partial charge is 0.497 e. The highest BCUT2D eigenvalue weighted by Crippen LogP contribution is 2.26. The zero-order chi connectivity index (χ0) is 21.7. The van der Waals surface area contributed by atoms with E-state index in [1.54, 1.807) is 26.4 Å². The van der Waals surface area contributed by atoms with Crippen LogP contribution in [0.5, 0.6) is 11.5 Å². The van der Waals surface area contributed by atoms with Crippen LogP contribution in [0.3, 0.4) is 0 Å². The Kier molecular flexibility index (Phi) is 6.94. The second kappa shape index (κ2) is 9.62. The summed E-state index contributed by atoms with van der Waals surface area (Å²) in [7, 11) is 3.20. The van der Waals surface area contributed by atoms with Gasteiger partial charge in [-0.1, -0.05) is 0 Å². The maximum atomic E-state index is 12.1. The number of anilines is 2. The second-order valence-corrected chi connectivity index (χ2v) is 7.48. The molecule has 0 unspecified atom stereocenters. The van der Waals surface area contributed by atoms with Gasteiger partial charge in [-0.3, -0.25) is 9.69 Å². The van der Waals surface area contributed by atoms with Crippen LogP contribution in [0.15, 0.2) is 24.3 Å². The van der Waals surface area contributed by atoms with Crippen molar-refractivity contribution in [3.05, 3.63) is 35.4 Å². The van der Waals surface area contributed by atoms with Crippen LogP contribution in [-0.2, 0) is 6.54 Å². The van der Waals surface area contributed by atoms with E-state index < -0.39 is 5.91 Å². The first-order valence-electron chi connectivity index (χ1n) is 10.0. The zero-order valence-corrected chi connectivity index (χ0v) is 18.0. The van der Waals surface area contributed by atoms with Crippen molar-refractivity contribution in [2.24, 2.45) is 5.73 Å². The van der Waals surface area contributed by atoms with E-state index in [-0.39, 0.29) is 0 Å². The Bertz CT molecular complexity index is 881. The molecule has 1 aromatic carbocycles. The number of primary amides is 1. The average molecular weight is 415 g/mol. The first-order valence-corrected chi connectivity index (χ1v) is 10.0. The predicted molar refractivity (Wildman–Crippen MR) is 116 cm³/mol. The van der Waals surface area contributed by atoms with Gasteiger partial charge in [-0.2, -0.15) is 0 Å². The van der Waals surface area contributed by atoms with E-state index in [0.29, 0.717) is 41.3 Å². The molecule has 162 valence electrons. The molecule has 0 spiro atoms. The molecule has 0 radical (unpaired) electrons. The van der Waals surface area contributed by atoms with Crippen LogP contribution in [-0.4, -0.2) is 67.4 Å². The number of carbonyl (C=O) groups excluding carboxylic acids is 1. The molecular weight excluding hydrogens is 384 g/mol. The standard InChI is InChI=1S/C21H30N6O3/c1-14(2)26-7-9-27(10-8-26)19-12-17(20(22)28)21(25-24-19)23-13-15-5-6-16(29-3)11-18(15)30-4/h5-6,11-12,14H,7-10,13H2,1-4H3,(H2,22,28)(H,23,25). The summed E-state index contributed by atoms with van der Waals surface area (Å²) in [6.07, 6.45) is 0. The number of piperazine rings is 1. The molecule has 1 fully saturated rings. The monoisotopic (exact) mass is 414 g/mol. The molecule has 0 atom stereocenters. The number of aromatic nitrogens is 2. The van der Waals surface area contributed by atoms with Gasteiger partial charge in [0.2, 0.25) is 0 Å². The lowest BCUT2D eigenvalue weighted by Crippen LogP contribution is -2.49. The molecule has 3 N–H and O–H groups in total. The van der Waals surface area contributed by atoms with Crippen LogP contribution >= 0.6 is 0 Å². The summed E-state index contributed by atoms with van der Waals surface area (Å²) in [6.45, 7) is 8.35. The van der Waals surface area contributed by atoms with Gasteiger partial charge in [0.05, 0.1) is 19.8 Å². The molecule has 9 heteroatoms. The number of hydrogen-bond acceptors (Lipinski definition) is 8. The van der Waals surface area contributed by atoms with Crippen LogP contribution in [0.1, 0.15) is 29.8 Å². The quantitative estimate of drug-likeness (QED) is 0.673. The van der Waals surface area contributed by atoms with Gasteiger partial charge in [-0.05, 0) is 32.0 Å². The summed E-state index contributed by atoms with van der Waals surface area (Å²) in [4.78, 5) is 16.6. The minimum Gasteiger partial charge on any atom is -0.497 e. The van der Waals surface area contributed by atoms with Crippen molar-refractivity contribution >= 4 is 17.5 Å². The van der Waals surface area contributed by atoms with Crippen molar-refractivity contribution in [2.45, 2.75) is 26.4 Å². The van der Waals surface area contributed by atoms with Crippen molar-refractivity contribution in [1.82, 2.24) is 15.1 Å². The van der Waals surface area contributed by atoms with E-state index >= 15 is 0 Å². The number of benzene rings is 1. The summed E-state index contributed by atoms with van der Waals surface area (Å²) in [5.74, 6) is 1.85. The number of amides is 1. The van der Waals surface area contributed by atoms with Gasteiger partial charge in [0.1, 0.15) is 11.5 Å². The van der Waals surface area contributed by atoms with Gasteiger partial charge in [-0.25, -0.2) is 0 Å². The second-order valence-electron chi connectivity index (χ2n) is 7.48. The lowest BCUT2D eigenvalue weighted by atomic mass is 10.1. The fourth-order valence-corrected chi connectivity index (χ4v) is 3.50. The molecular formula is C21H30N6O3. The van der Waals surface area contributed by atoms with E-state index in [0.717, 1.165) is 31.7 Å². The van der Waals surface area contributed by atoms with E-state index in [4.69, 9.17) is 15.2 Å². The molecule has 1 aromatic heterocycles. The molecule has 1 aliphatic heterocycles. The van der Waals surface area contributed by atoms with Crippen LogP contribution in [0.4, 0.5) is 11.6 Å². The van der Waals surface area contributed by atoms with Crippen molar-refractivity contribution < 1.29 is 14.3 Å². The Balaban J connectivity index is 1.74. The molecule has 1 aliphatic rings. The van der Waals surface area contributed by atoms with Crippen LogP contribution in [0, 0.1) is 0 Å². The van der Waals surface area contributed by atoms with Crippen LogP contribution < -0.4 is 25.4 Å². The normalized spacial score (nSPS) is 14.6. The number of hydrogen-bond donors (Lipinski definition) is 2. The Morgan fingerprint density at radius 1 is 1.13 bits per heavy atom. The van der Waals surface area contributed by atoms with Gasteiger partial charge < -0.3 is 25.4 Å². The zero-order valence-electron chi connectivity index (χ0n) is 18.0. The molecule has 2 aromatic rings. The molecule has 1 saturated heterocycles. The highest BCUT2D eigenvalue weighted by molar-refractivity contribution is 5.98. The minimum atomic E-state index is -0.545. The highest BCUT2D eigenvalue weighted by atomic mass is 16.5. The third-order valence-corrected chi connectivity index (χ3v) is 5.36. The summed E-state index contributed by atoms with van der Waals surface area (Å²) in [5, 5.41) is 11.7. The minimum absolute atomic E-state index is 0.318. The van der Waals surface area contributed by atoms with Crippen molar-refractivity contribution in [3.8, 4) is 11.5 Å². The Morgan fingerprint density at radius 3 is 2.47 bits per heavy atom. The summed E-state index contributed by atoms with van der Waals surface area (Å²) < 4.78 is 10.6. The molecule has 0 saturated carbocycles. The number of ether oxygens (including phenoxy) is 2. The lowest BCUT2D eigenvalue weighted by molar-refractivity contribution is 0.100. The van der Waals surface area contributed by atoms with Crippen molar-refractivity contribution in [3.63, 3.8) is 0 Å². The van der Waals surface area contributed by atoms with E-state index in [1.807, 2.05) is 12.1 Å². The van der Waals surface area contributed by atoms with Gasteiger partial charge >= 0.3 is 0 Å². The third kappa shape index (κ3) is 4.91. The van der Waals surface area contributed by atoms with Crippen molar-refractivity contribution in [1.29, 1.82) is 0 Å². The van der Waals surface area contributed by atoms with E-state index in [2.05, 4.69) is 39.2 Å². The molecule has 30 heavy (non-hydrogen) atoms. The number of carbonyl (C=O) groups is 1. The van der Waals surface area contributed by atoms with Gasteiger partial charge in [0, 0.05) is 50.4 Å². The van der Waals surface area contributed by atoms with Crippen LogP contribution in [0.25, 0.3) is 0 Å². The molecule has 9 nitrogen and oxygen atoms in total. The number of nitrogens with zero attached hydrogens (tertiary/aromatic N) is 4. The topological polar surface area (TPSA) is 106 Å². The van der Waals surface area contributed by atoms with Crippen LogP contribution in [0.2, 0.25) is 0 Å². The Morgan fingerprint density at radius 2 is 1.87 bits per heavy atom. The smallest absolute Gasteiger partial charge is 0.252 e. The van der Waals surface area contributed by atoms with E-state index in [9.17, 15) is 4.79 Å². The molecule has 0 aliphatic carbocycles. The first-order chi connectivity index (χ1) is 14.4.